The molecule has 0 radical (unpaired) electrons. The predicted octanol–water partition coefficient (Wildman–Crippen LogP) is 0.332. The molecule has 0 amide bonds. The molecule has 6 nitrogen and oxygen atoms in total. The predicted molar refractivity (Wildman–Crippen MR) is 70.2 cm³/mol. The zero-order valence-electron chi connectivity index (χ0n) is 10.3. The summed E-state index contributed by atoms with van der Waals surface area (Å²) in [5.74, 6) is 0.314. The lowest BCUT2D eigenvalue weighted by molar-refractivity contribution is 0.598. The normalized spacial score (nSPS) is 12.3. The van der Waals surface area contributed by atoms with Gasteiger partial charge in [-0.05, 0) is 18.6 Å². The van der Waals surface area contributed by atoms with Gasteiger partial charge in [0.25, 0.3) is 0 Å². The van der Waals surface area contributed by atoms with Crippen LogP contribution in [0.25, 0.3) is 0 Å². The van der Waals surface area contributed by atoms with E-state index in [0.717, 1.165) is 12.5 Å². The first-order valence-corrected chi connectivity index (χ1v) is 9.22. The summed E-state index contributed by atoms with van der Waals surface area (Å²) < 4.78 is 44.8. The van der Waals surface area contributed by atoms with Gasteiger partial charge in [-0.15, -0.1) is 0 Å². The Morgan fingerprint density at radius 2 is 1.89 bits per heavy atom. The minimum Gasteiger partial charge on any atom is -0.369 e. The Kier molecular flexibility index (Phi) is 4.69. The summed E-state index contributed by atoms with van der Waals surface area (Å²) in [5, 5.41) is 2.84. The molecule has 0 fully saturated rings. The van der Waals surface area contributed by atoms with Crippen molar-refractivity contribution in [2.75, 3.05) is 30.1 Å². The van der Waals surface area contributed by atoms with Gasteiger partial charge in [-0.25, -0.2) is 21.8 Å². The molecule has 1 aromatic heterocycles. The fourth-order valence-corrected chi connectivity index (χ4v) is 2.83. The molecular weight excluding hydrogens is 276 g/mol. The molecule has 0 atom stereocenters. The number of nitrogens with zero attached hydrogens (tertiary/aromatic N) is 1. The minimum atomic E-state index is -3.34. The summed E-state index contributed by atoms with van der Waals surface area (Å²) in [5.41, 5.74) is 0. The monoisotopic (exact) mass is 292 g/mol. The summed E-state index contributed by atoms with van der Waals surface area (Å²) in [6.45, 7) is 0.354. The van der Waals surface area contributed by atoms with E-state index >= 15 is 0 Å². The van der Waals surface area contributed by atoms with Gasteiger partial charge in [0.15, 0.2) is 9.84 Å². The Bertz CT molecular complexity index is 609. The molecule has 1 heterocycles. The first-order valence-electron chi connectivity index (χ1n) is 5.27. The highest BCUT2D eigenvalue weighted by atomic mass is 32.2. The average molecular weight is 292 g/mol. The molecule has 0 saturated carbocycles. The fourth-order valence-electron chi connectivity index (χ4n) is 1.36. The van der Waals surface area contributed by atoms with Crippen LogP contribution in [0.5, 0.6) is 0 Å². The van der Waals surface area contributed by atoms with Crippen molar-refractivity contribution in [3.8, 4) is 0 Å². The third-order valence-corrected chi connectivity index (χ3v) is 4.31. The van der Waals surface area contributed by atoms with E-state index in [9.17, 15) is 16.8 Å². The Morgan fingerprint density at radius 1 is 1.22 bits per heavy atom. The van der Waals surface area contributed by atoms with Crippen molar-refractivity contribution in [2.24, 2.45) is 0 Å². The lowest BCUT2D eigenvalue weighted by Crippen LogP contribution is -2.12. The highest BCUT2D eigenvalue weighted by Gasteiger charge is 2.13. The van der Waals surface area contributed by atoms with E-state index in [1.54, 1.807) is 0 Å². The number of sulfone groups is 2. The van der Waals surface area contributed by atoms with Crippen molar-refractivity contribution in [3.05, 3.63) is 18.3 Å². The Labute approximate surface area is 107 Å². The summed E-state index contributed by atoms with van der Waals surface area (Å²) in [7, 11) is -6.34. The second-order valence-corrected chi connectivity index (χ2v) is 8.28. The van der Waals surface area contributed by atoms with Crippen LogP contribution in [-0.2, 0) is 19.7 Å². The maximum absolute atomic E-state index is 11.5. The van der Waals surface area contributed by atoms with Gasteiger partial charge in [0.1, 0.15) is 20.6 Å². The zero-order valence-corrected chi connectivity index (χ0v) is 11.9. The number of rotatable bonds is 6. The van der Waals surface area contributed by atoms with E-state index in [1.165, 1.54) is 18.3 Å². The molecule has 0 bridgehead atoms. The molecule has 0 aliphatic rings. The first kappa shape index (κ1) is 14.9. The Balaban J connectivity index is 2.69. The van der Waals surface area contributed by atoms with E-state index in [4.69, 9.17) is 0 Å². The number of pyridine rings is 1. The van der Waals surface area contributed by atoms with Crippen molar-refractivity contribution in [1.29, 1.82) is 0 Å². The lowest BCUT2D eigenvalue weighted by Gasteiger charge is -2.08. The molecule has 0 aliphatic heterocycles. The molecule has 0 spiro atoms. The van der Waals surface area contributed by atoms with E-state index in [-0.39, 0.29) is 16.5 Å². The van der Waals surface area contributed by atoms with E-state index < -0.39 is 19.7 Å². The standard InChI is InChI=1S/C10H16N2O4S2/c1-17(13,14)8-4-7-12-10-9(18(2,15)16)5-3-6-11-10/h3,5-6H,4,7-8H2,1-2H3,(H,11,12). The van der Waals surface area contributed by atoms with E-state index in [2.05, 4.69) is 10.3 Å². The molecule has 1 rings (SSSR count). The molecule has 0 saturated heterocycles. The van der Waals surface area contributed by atoms with Gasteiger partial charge in [0.2, 0.25) is 0 Å². The second-order valence-electron chi connectivity index (χ2n) is 4.03. The number of hydrogen-bond donors (Lipinski definition) is 1. The van der Waals surface area contributed by atoms with Crippen LogP contribution >= 0.6 is 0 Å². The zero-order chi connectivity index (χ0) is 13.8. The molecule has 102 valence electrons. The van der Waals surface area contributed by atoms with Gasteiger partial charge < -0.3 is 5.32 Å². The summed E-state index contributed by atoms with van der Waals surface area (Å²) in [6.07, 6.45) is 4.15. The van der Waals surface area contributed by atoms with Crippen LogP contribution < -0.4 is 5.32 Å². The van der Waals surface area contributed by atoms with Crippen molar-refractivity contribution >= 4 is 25.5 Å². The summed E-state index contributed by atoms with van der Waals surface area (Å²) in [4.78, 5) is 4.05. The molecule has 1 aromatic rings. The van der Waals surface area contributed by atoms with Gasteiger partial charge >= 0.3 is 0 Å². The fraction of sp³-hybridized carbons (Fsp3) is 0.500. The van der Waals surface area contributed by atoms with Crippen LogP contribution in [0.15, 0.2) is 23.2 Å². The maximum Gasteiger partial charge on any atom is 0.179 e. The topological polar surface area (TPSA) is 93.2 Å². The molecule has 0 aliphatic carbocycles. The van der Waals surface area contributed by atoms with Gasteiger partial charge in [0, 0.05) is 25.3 Å². The maximum atomic E-state index is 11.5. The molecule has 1 N–H and O–H groups in total. The van der Waals surface area contributed by atoms with Crippen LogP contribution in [0.2, 0.25) is 0 Å². The Hall–Kier alpha value is -1.15. The van der Waals surface area contributed by atoms with E-state index in [1.807, 2.05) is 0 Å². The number of anilines is 1. The van der Waals surface area contributed by atoms with Gasteiger partial charge in [-0.3, -0.25) is 0 Å². The summed E-state index contributed by atoms with van der Waals surface area (Å²) in [6, 6.07) is 3.00. The molecule has 8 heteroatoms. The minimum absolute atomic E-state index is 0.0566. The van der Waals surface area contributed by atoms with Crippen LogP contribution in [0.1, 0.15) is 6.42 Å². The molecular formula is C10H16N2O4S2. The smallest absolute Gasteiger partial charge is 0.179 e. The Morgan fingerprint density at radius 3 is 2.44 bits per heavy atom. The van der Waals surface area contributed by atoms with Crippen LogP contribution in [0, 0.1) is 0 Å². The first-order chi connectivity index (χ1) is 8.20. The SMILES string of the molecule is CS(=O)(=O)CCCNc1ncccc1S(C)(=O)=O. The quantitative estimate of drug-likeness (QED) is 0.760. The largest absolute Gasteiger partial charge is 0.369 e. The molecule has 0 aromatic carbocycles. The molecule has 18 heavy (non-hydrogen) atoms. The highest BCUT2D eigenvalue weighted by Crippen LogP contribution is 2.17. The average Bonchev–Trinajstić information content (AvgIpc) is 2.22. The van der Waals surface area contributed by atoms with Crippen LogP contribution in [0.3, 0.4) is 0 Å². The van der Waals surface area contributed by atoms with Crippen molar-refractivity contribution in [2.45, 2.75) is 11.3 Å². The van der Waals surface area contributed by atoms with E-state index in [0.29, 0.717) is 13.0 Å². The lowest BCUT2D eigenvalue weighted by atomic mass is 10.4. The number of hydrogen-bond acceptors (Lipinski definition) is 6. The highest BCUT2D eigenvalue weighted by molar-refractivity contribution is 7.91. The summed E-state index contributed by atoms with van der Waals surface area (Å²) >= 11 is 0. The van der Waals surface area contributed by atoms with Crippen molar-refractivity contribution < 1.29 is 16.8 Å². The molecule has 0 unspecified atom stereocenters. The van der Waals surface area contributed by atoms with Crippen molar-refractivity contribution in [3.63, 3.8) is 0 Å². The van der Waals surface area contributed by atoms with Gasteiger partial charge in [-0.1, -0.05) is 0 Å². The van der Waals surface area contributed by atoms with Crippen molar-refractivity contribution in [1.82, 2.24) is 4.98 Å². The van der Waals surface area contributed by atoms with Crippen LogP contribution in [0.4, 0.5) is 5.82 Å². The second kappa shape index (κ2) is 5.66. The van der Waals surface area contributed by atoms with Gasteiger partial charge in [0.05, 0.1) is 5.75 Å². The number of nitrogens with one attached hydrogen (secondary N) is 1. The van der Waals surface area contributed by atoms with Gasteiger partial charge in [-0.2, -0.15) is 0 Å². The third-order valence-electron chi connectivity index (χ3n) is 2.15. The number of aromatic nitrogens is 1. The third kappa shape index (κ3) is 5.01. The van der Waals surface area contributed by atoms with Crippen LogP contribution in [-0.4, -0.2) is 46.6 Å².